The Hall–Kier alpha value is -1.39. The van der Waals surface area contributed by atoms with Crippen molar-refractivity contribution < 1.29 is 20.4 Å². The molecule has 27 heavy (non-hydrogen) atoms. The van der Waals surface area contributed by atoms with E-state index in [1.54, 1.807) is 11.6 Å². The Labute approximate surface area is 178 Å². The van der Waals surface area contributed by atoms with Crippen LogP contribution >= 0.6 is 11.3 Å². The lowest BCUT2D eigenvalue weighted by atomic mass is 9.67. The van der Waals surface area contributed by atoms with Crippen LogP contribution in [0.4, 0.5) is 0 Å². The summed E-state index contributed by atoms with van der Waals surface area (Å²) in [5.74, 6) is 0.134. The average Bonchev–Trinajstić information content (AvgIpc) is 3.17. The number of ether oxygens (including phenoxy) is 2. The number of hydrogen-bond donors (Lipinski definition) is 0. The van der Waals surface area contributed by atoms with Gasteiger partial charge >= 0.3 is 0 Å². The van der Waals surface area contributed by atoms with Crippen LogP contribution in [-0.2, 0) is 16.6 Å². The molecule has 1 saturated heterocycles. The lowest BCUT2D eigenvalue weighted by molar-refractivity contribution is -0.104. The molecule has 3 heterocycles. The summed E-state index contributed by atoms with van der Waals surface area (Å²) in [6, 6.07) is 5.88. The van der Waals surface area contributed by atoms with E-state index >= 15 is 0 Å². The Bertz CT molecular complexity index is 1010. The van der Waals surface area contributed by atoms with Crippen molar-refractivity contribution in [3.8, 4) is 5.75 Å². The third-order valence-electron chi connectivity index (χ3n) is 5.86. The minimum absolute atomic E-state index is 0.0267. The molecule has 0 radical (unpaired) electrons. The van der Waals surface area contributed by atoms with Crippen LogP contribution in [0.25, 0.3) is 0 Å². The van der Waals surface area contributed by atoms with Gasteiger partial charge in [0.05, 0.1) is 18.1 Å². The molecule has 3 nitrogen and oxygen atoms in total. The fourth-order valence-electron chi connectivity index (χ4n) is 4.49. The highest BCUT2D eigenvalue weighted by Gasteiger charge is 2.48. The van der Waals surface area contributed by atoms with Crippen LogP contribution < -0.4 is 4.74 Å². The van der Waals surface area contributed by atoms with Crippen LogP contribution in [0.1, 0.15) is 79.2 Å². The topological polar surface area (TPSA) is 31.4 Å². The second-order valence-electron chi connectivity index (χ2n) is 7.60. The van der Waals surface area contributed by atoms with Crippen molar-refractivity contribution in [2.24, 2.45) is 0 Å². The zero-order chi connectivity index (χ0) is 25.5. The third kappa shape index (κ3) is 4.07. The first-order valence-electron chi connectivity index (χ1n) is 13.6. The first-order chi connectivity index (χ1) is 16.3. The van der Waals surface area contributed by atoms with Gasteiger partial charge in [-0.3, -0.25) is 4.98 Å². The number of aryl methyl sites for hydroxylation is 1. The van der Waals surface area contributed by atoms with E-state index in [0.717, 1.165) is 36.3 Å². The number of nitrogens with zero attached hydrogens (tertiary/aromatic N) is 1. The third-order valence-corrected chi connectivity index (χ3v) is 6.77. The Morgan fingerprint density at radius 2 is 2.26 bits per heavy atom. The molecule has 1 saturated carbocycles. The standard InChI is InChI=1S/C23H31NO2S/c1-25-19-10-17-27-20(19)8-2-4-11-22(21-9-3-7-15-24-21)14-16-26-23(18-22)12-5-6-13-23/h3,7,9-10,15,17H,2,4-6,8,11-14,16,18H2,1H3/t22-/m1/s1/i1D3,5D2,6D2,10D. The minimum Gasteiger partial charge on any atom is -0.496 e. The molecule has 1 aliphatic carbocycles. The zero-order valence-corrected chi connectivity index (χ0v) is 16.2. The first-order valence-corrected chi connectivity index (χ1v) is 10.5. The largest absolute Gasteiger partial charge is 0.496 e. The van der Waals surface area contributed by atoms with Crippen molar-refractivity contribution in [2.75, 3.05) is 13.6 Å². The lowest BCUT2D eigenvalue weighted by Gasteiger charge is -2.46. The summed E-state index contributed by atoms with van der Waals surface area (Å²) >= 11 is 1.33. The van der Waals surface area contributed by atoms with Crippen LogP contribution in [-0.4, -0.2) is 24.2 Å². The highest BCUT2D eigenvalue weighted by Crippen LogP contribution is 2.50. The maximum atomic E-state index is 8.26. The second kappa shape index (κ2) is 8.32. The van der Waals surface area contributed by atoms with E-state index in [9.17, 15) is 0 Å². The summed E-state index contributed by atoms with van der Waals surface area (Å²) in [5.41, 5.74) is -0.298. The SMILES string of the molecule is [2H]c1csc(CCCC[C@@]2(c3ccccn3)CCOC3(CC([2H])([2H])C([2H])([2H])C3)C2)c1OC([2H])([2H])[2H]. The molecular weight excluding hydrogens is 354 g/mol. The number of aromatic nitrogens is 1. The maximum absolute atomic E-state index is 8.26. The summed E-state index contributed by atoms with van der Waals surface area (Å²) in [6.07, 6.45) is 2.09. The molecule has 0 aromatic carbocycles. The number of hydrogen-bond acceptors (Lipinski definition) is 4. The maximum Gasteiger partial charge on any atom is 0.132 e. The molecule has 0 amide bonds. The van der Waals surface area contributed by atoms with Crippen molar-refractivity contribution in [2.45, 2.75) is 75.1 Å². The number of thiophene rings is 1. The van der Waals surface area contributed by atoms with Crippen molar-refractivity contribution >= 4 is 11.3 Å². The van der Waals surface area contributed by atoms with Gasteiger partial charge in [-0.15, -0.1) is 11.3 Å². The molecule has 0 bridgehead atoms. The summed E-state index contributed by atoms with van der Waals surface area (Å²) in [4.78, 5) is 5.40. The predicted octanol–water partition coefficient (Wildman–Crippen LogP) is 5.93. The van der Waals surface area contributed by atoms with Gasteiger partial charge in [0.25, 0.3) is 0 Å². The molecular formula is C23H31NO2S. The Kier molecular flexibility index (Phi) is 3.57. The molecule has 0 N–H and O–H groups in total. The summed E-state index contributed by atoms with van der Waals surface area (Å²) in [6.45, 7) is 0.423. The van der Waals surface area contributed by atoms with Crippen molar-refractivity contribution in [3.05, 3.63) is 46.4 Å². The van der Waals surface area contributed by atoms with Gasteiger partial charge in [0, 0.05) is 34.3 Å². The number of rotatable bonds is 7. The quantitative estimate of drug-likeness (QED) is 0.547. The highest BCUT2D eigenvalue weighted by atomic mass is 32.1. The normalized spacial score (nSPS) is 32.9. The average molecular weight is 394 g/mol. The summed E-state index contributed by atoms with van der Waals surface area (Å²) in [7, 11) is -2.60. The predicted molar refractivity (Wildman–Crippen MR) is 111 cm³/mol. The second-order valence-corrected chi connectivity index (χ2v) is 8.57. The van der Waals surface area contributed by atoms with Crippen LogP contribution in [0.2, 0.25) is 0 Å². The fourth-order valence-corrected chi connectivity index (χ4v) is 5.27. The summed E-state index contributed by atoms with van der Waals surface area (Å²) < 4.78 is 74.3. The molecule has 1 atom stereocenters. The lowest BCUT2D eigenvalue weighted by Crippen LogP contribution is -2.46. The molecule has 146 valence electrons. The molecule has 2 aliphatic rings. The van der Waals surface area contributed by atoms with E-state index in [4.69, 9.17) is 20.4 Å². The smallest absolute Gasteiger partial charge is 0.132 e. The number of pyridine rings is 1. The van der Waals surface area contributed by atoms with E-state index in [1.807, 2.05) is 18.2 Å². The molecule has 2 aromatic heterocycles. The first kappa shape index (κ1) is 11.6. The Morgan fingerprint density at radius 1 is 1.33 bits per heavy atom. The number of unbranched alkanes of at least 4 members (excludes halogenated alkanes) is 1. The zero-order valence-electron chi connectivity index (χ0n) is 23.4. The van der Waals surface area contributed by atoms with Gasteiger partial charge in [-0.05, 0) is 68.5 Å². The van der Waals surface area contributed by atoms with Gasteiger partial charge < -0.3 is 9.47 Å². The van der Waals surface area contributed by atoms with Crippen molar-refractivity contribution in [1.82, 2.24) is 4.98 Å². The van der Waals surface area contributed by atoms with Crippen LogP contribution in [0.15, 0.2) is 35.8 Å². The van der Waals surface area contributed by atoms with Gasteiger partial charge in [-0.1, -0.05) is 25.2 Å². The van der Waals surface area contributed by atoms with Gasteiger partial charge in [-0.25, -0.2) is 0 Å². The van der Waals surface area contributed by atoms with Crippen molar-refractivity contribution in [3.63, 3.8) is 0 Å². The van der Waals surface area contributed by atoms with E-state index < -0.39 is 25.4 Å². The van der Waals surface area contributed by atoms with E-state index in [-0.39, 0.29) is 30.0 Å². The monoisotopic (exact) mass is 393 g/mol. The molecule has 1 aliphatic heterocycles. The molecule has 0 unspecified atom stereocenters. The fraction of sp³-hybridized carbons (Fsp3) is 0.609. The van der Waals surface area contributed by atoms with Gasteiger partial charge in [-0.2, -0.15) is 0 Å². The van der Waals surface area contributed by atoms with E-state index in [1.165, 1.54) is 11.3 Å². The minimum atomic E-state index is -2.60. The van der Waals surface area contributed by atoms with Crippen LogP contribution in [0, 0.1) is 0 Å². The highest BCUT2D eigenvalue weighted by molar-refractivity contribution is 7.10. The molecule has 1 spiro atoms. The van der Waals surface area contributed by atoms with Gasteiger partial charge in [0.1, 0.15) is 5.75 Å². The van der Waals surface area contributed by atoms with E-state index in [0.29, 0.717) is 19.4 Å². The Balaban J connectivity index is 1.50. The van der Waals surface area contributed by atoms with Gasteiger partial charge in [0.15, 0.2) is 0 Å². The molecule has 2 aromatic rings. The Morgan fingerprint density at radius 3 is 3.07 bits per heavy atom. The van der Waals surface area contributed by atoms with Crippen LogP contribution in [0.3, 0.4) is 0 Å². The van der Waals surface area contributed by atoms with Crippen LogP contribution in [0.5, 0.6) is 5.75 Å². The molecule has 4 rings (SSSR count). The number of methoxy groups -OCH3 is 1. The molecule has 4 heteroatoms. The molecule has 2 fully saturated rings. The summed E-state index contributed by atoms with van der Waals surface area (Å²) in [5, 5.41) is 1.59. The van der Waals surface area contributed by atoms with E-state index in [2.05, 4.69) is 4.98 Å². The van der Waals surface area contributed by atoms with Crippen molar-refractivity contribution in [1.29, 1.82) is 0 Å². The van der Waals surface area contributed by atoms with Gasteiger partial charge in [0.2, 0.25) is 0 Å².